The van der Waals surface area contributed by atoms with Crippen LogP contribution in [0.3, 0.4) is 0 Å². The SMILES string of the molecule is CC1CCC(C#N)(C(O)c2ccccn2)C1. The van der Waals surface area contributed by atoms with Crippen LogP contribution in [0.15, 0.2) is 24.4 Å². The number of aliphatic hydroxyl groups excluding tert-OH is 1. The lowest BCUT2D eigenvalue weighted by Crippen LogP contribution is -2.25. The summed E-state index contributed by atoms with van der Waals surface area (Å²) >= 11 is 0. The Labute approximate surface area is 95.8 Å². The molecule has 1 aliphatic carbocycles. The summed E-state index contributed by atoms with van der Waals surface area (Å²) < 4.78 is 0. The highest BCUT2D eigenvalue weighted by Crippen LogP contribution is 2.48. The molecule has 84 valence electrons. The summed E-state index contributed by atoms with van der Waals surface area (Å²) in [5.74, 6) is 0.512. The smallest absolute Gasteiger partial charge is 0.114 e. The third-order valence-corrected chi connectivity index (χ3v) is 3.51. The first-order chi connectivity index (χ1) is 7.68. The molecule has 0 bridgehead atoms. The van der Waals surface area contributed by atoms with E-state index in [4.69, 9.17) is 0 Å². The Morgan fingerprint density at radius 2 is 2.44 bits per heavy atom. The maximum Gasteiger partial charge on any atom is 0.114 e. The number of hydrogen-bond acceptors (Lipinski definition) is 3. The fraction of sp³-hybridized carbons (Fsp3) is 0.538. The van der Waals surface area contributed by atoms with Gasteiger partial charge in [0.2, 0.25) is 0 Å². The molecule has 1 N–H and O–H groups in total. The lowest BCUT2D eigenvalue weighted by Gasteiger charge is -2.26. The number of aromatic nitrogens is 1. The molecular weight excluding hydrogens is 200 g/mol. The molecule has 0 saturated heterocycles. The summed E-state index contributed by atoms with van der Waals surface area (Å²) in [6.07, 6.45) is 3.44. The van der Waals surface area contributed by atoms with Gasteiger partial charge in [-0.1, -0.05) is 13.0 Å². The second-order valence-corrected chi connectivity index (χ2v) is 4.77. The van der Waals surface area contributed by atoms with Crippen molar-refractivity contribution >= 4 is 0 Å². The lowest BCUT2D eigenvalue weighted by molar-refractivity contribution is 0.0610. The summed E-state index contributed by atoms with van der Waals surface area (Å²) in [6.45, 7) is 2.13. The van der Waals surface area contributed by atoms with Gasteiger partial charge in [0, 0.05) is 6.20 Å². The van der Waals surface area contributed by atoms with Gasteiger partial charge >= 0.3 is 0 Å². The van der Waals surface area contributed by atoms with Crippen LogP contribution < -0.4 is 0 Å². The molecule has 0 aliphatic heterocycles. The Morgan fingerprint density at radius 1 is 1.62 bits per heavy atom. The van der Waals surface area contributed by atoms with Crippen LogP contribution in [-0.4, -0.2) is 10.1 Å². The highest BCUT2D eigenvalue weighted by atomic mass is 16.3. The van der Waals surface area contributed by atoms with E-state index in [1.165, 1.54) is 0 Å². The maximum absolute atomic E-state index is 10.3. The first-order valence-electron chi connectivity index (χ1n) is 5.68. The van der Waals surface area contributed by atoms with Gasteiger partial charge in [-0.2, -0.15) is 5.26 Å². The molecule has 3 unspecified atom stereocenters. The van der Waals surface area contributed by atoms with Crippen molar-refractivity contribution in [1.82, 2.24) is 4.98 Å². The van der Waals surface area contributed by atoms with Gasteiger partial charge in [-0.3, -0.25) is 4.98 Å². The van der Waals surface area contributed by atoms with Crippen molar-refractivity contribution in [2.24, 2.45) is 11.3 Å². The third kappa shape index (κ3) is 1.81. The predicted octanol–water partition coefficient (Wildman–Crippen LogP) is 2.44. The van der Waals surface area contributed by atoms with E-state index in [2.05, 4.69) is 18.0 Å². The Hall–Kier alpha value is -1.40. The van der Waals surface area contributed by atoms with Gasteiger partial charge < -0.3 is 5.11 Å². The number of nitriles is 1. The van der Waals surface area contributed by atoms with Crippen LogP contribution in [0.25, 0.3) is 0 Å². The average Bonchev–Trinajstić information content (AvgIpc) is 2.72. The van der Waals surface area contributed by atoms with E-state index in [0.717, 1.165) is 19.3 Å². The molecule has 2 rings (SSSR count). The van der Waals surface area contributed by atoms with Gasteiger partial charge in [0.1, 0.15) is 6.10 Å². The molecule has 1 aromatic heterocycles. The standard InChI is InChI=1S/C13H16N2O/c1-10-5-6-13(8-10,9-14)12(16)11-4-2-3-7-15-11/h2-4,7,10,12,16H,5-6,8H2,1H3. The van der Waals surface area contributed by atoms with E-state index in [1.807, 2.05) is 12.1 Å². The topological polar surface area (TPSA) is 56.9 Å². The van der Waals surface area contributed by atoms with Crippen molar-refractivity contribution in [2.45, 2.75) is 32.3 Å². The van der Waals surface area contributed by atoms with Gasteiger partial charge in [-0.15, -0.1) is 0 Å². The fourth-order valence-corrected chi connectivity index (χ4v) is 2.56. The number of pyridine rings is 1. The number of aliphatic hydroxyl groups is 1. The quantitative estimate of drug-likeness (QED) is 0.826. The average molecular weight is 216 g/mol. The largest absolute Gasteiger partial charge is 0.385 e. The van der Waals surface area contributed by atoms with Gasteiger partial charge in [0.05, 0.1) is 17.2 Å². The second kappa shape index (κ2) is 4.23. The second-order valence-electron chi connectivity index (χ2n) is 4.77. The Bertz CT molecular complexity index is 398. The predicted molar refractivity (Wildman–Crippen MR) is 60.3 cm³/mol. The van der Waals surface area contributed by atoms with Crippen LogP contribution in [0.5, 0.6) is 0 Å². The zero-order valence-corrected chi connectivity index (χ0v) is 9.43. The Balaban J connectivity index is 2.27. The van der Waals surface area contributed by atoms with Crippen LogP contribution in [0.4, 0.5) is 0 Å². The van der Waals surface area contributed by atoms with Crippen LogP contribution in [-0.2, 0) is 0 Å². The summed E-state index contributed by atoms with van der Waals surface area (Å²) in [5, 5.41) is 19.6. The van der Waals surface area contributed by atoms with Gasteiger partial charge in [0.25, 0.3) is 0 Å². The molecule has 1 aliphatic rings. The zero-order valence-electron chi connectivity index (χ0n) is 9.43. The minimum absolute atomic E-state index is 0.512. The molecule has 1 fully saturated rings. The van der Waals surface area contributed by atoms with E-state index in [-0.39, 0.29) is 0 Å². The summed E-state index contributed by atoms with van der Waals surface area (Å²) in [4.78, 5) is 4.14. The van der Waals surface area contributed by atoms with Crippen molar-refractivity contribution in [3.63, 3.8) is 0 Å². The molecule has 3 heteroatoms. The van der Waals surface area contributed by atoms with E-state index in [0.29, 0.717) is 11.6 Å². The van der Waals surface area contributed by atoms with Crippen LogP contribution >= 0.6 is 0 Å². The van der Waals surface area contributed by atoms with E-state index in [9.17, 15) is 10.4 Å². The zero-order chi connectivity index (χ0) is 11.6. The summed E-state index contributed by atoms with van der Waals surface area (Å²) in [7, 11) is 0. The van der Waals surface area contributed by atoms with E-state index < -0.39 is 11.5 Å². The molecule has 3 atom stereocenters. The monoisotopic (exact) mass is 216 g/mol. The van der Waals surface area contributed by atoms with Crippen molar-refractivity contribution in [1.29, 1.82) is 5.26 Å². The Morgan fingerprint density at radius 3 is 2.94 bits per heavy atom. The fourth-order valence-electron chi connectivity index (χ4n) is 2.56. The van der Waals surface area contributed by atoms with Crippen LogP contribution in [0.2, 0.25) is 0 Å². The van der Waals surface area contributed by atoms with E-state index in [1.54, 1.807) is 12.3 Å². The number of nitrogens with zero attached hydrogens (tertiary/aromatic N) is 2. The minimum Gasteiger partial charge on any atom is -0.385 e. The highest BCUT2D eigenvalue weighted by Gasteiger charge is 2.44. The molecule has 0 amide bonds. The maximum atomic E-state index is 10.3. The number of rotatable bonds is 2. The van der Waals surface area contributed by atoms with Gasteiger partial charge in [-0.05, 0) is 37.3 Å². The van der Waals surface area contributed by atoms with Crippen molar-refractivity contribution < 1.29 is 5.11 Å². The normalized spacial score (nSPS) is 30.9. The summed E-state index contributed by atoms with van der Waals surface area (Å²) in [5.41, 5.74) is -0.0218. The lowest BCUT2D eigenvalue weighted by atomic mass is 9.79. The molecule has 0 spiro atoms. The third-order valence-electron chi connectivity index (χ3n) is 3.51. The molecule has 3 nitrogen and oxygen atoms in total. The Kier molecular flexibility index (Phi) is 2.93. The van der Waals surface area contributed by atoms with Crippen LogP contribution in [0, 0.1) is 22.7 Å². The molecule has 1 saturated carbocycles. The molecule has 16 heavy (non-hydrogen) atoms. The highest BCUT2D eigenvalue weighted by molar-refractivity contribution is 5.17. The van der Waals surface area contributed by atoms with Gasteiger partial charge in [-0.25, -0.2) is 0 Å². The van der Waals surface area contributed by atoms with Gasteiger partial charge in [0.15, 0.2) is 0 Å². The van der Waals surface area contributed by atoms with Crippen molar-refractivity contribution in [3.8, 4) is 6.07 Å². The molecular formula is C13H16N2O. The molecule has 1 aromatic rings. The summed E-state index contributed by atoms with van der Waals surface area (Å²) in [6, 6.07) is 7.75. The molecule has 1 heterocycles. The van der Waals surface area contributed by atoms with Crippen LogP contribution in [0.1, 0.15) is 38.0 Å². The molecule has 0 aromatic carbocycles. The van der Waals surface area contributed by atoms with Crippen molar-refractivity contribution in [2.75, 3.05) is 0 Å². The first-order valence-corrected chi connectivity index (χ1v) is 5.68. The number of hydrogen-bond donors (Lipinski definition) is 1. The van der Waals surface area contributed by atoms with E-state index >= 15 is 0 Å². The minimum atomic E-state index is -0.761. The first kappa shape index (κ1) is 11.1. The molecule has 0 radical (unpaired) electrons. The van der Waals surface area contributed by atoms with Crippen molar-refractivity contribution in [3.05, 3.63) is 30.1 Å².